The van der Waals surface area contributed by atoms with E-state index in [-0.39, 0.29) is 29.6 Å². The summed E-state index contributed by atoms with van der Waals surface area (Å²) < 4.78 is 20.6. The van der Waals surface area contributed by atoms with E-state index in [0.29, 0.717) is 34.5 Å². The minimum absolute atomic E-state index is 0.0770. The van der Waals surface area contributed by atoms with Gasteiger partial charge in [-0.3, -0.25) is 9.59 Å². The highest BCUT2D eigenvalue weighted by Gasteiger charge is 2.33. The molecule has 9 heteroatoms. The monoisotopic (exact) mass is 610 g/mol. The number of aliphatic imine (C=N–C) groups is 1. The van der Waals surface area contributed by atoms with Crippen LogP contribution in [0.3, 0.4) is 0 Å². The van der Waals surface area contributed by atoms with Crippen molar-refractivity contribution in [3.8, 4) is 0 Å². The van der Waals surface area contributed by atoms with E-state index in [1.807, 2.05) is 41.1 Å². The summed E-state index contributed by atoms with van der Waals surface area (Å²) in [4.78, 5) is 32.6. The number of hydrogen-bond donors (Lipinski definition) is 2. The van der Waals surface area contributed by atoms with E-state index in [4.69, 9.17) is 9.41 Å². The number of anilines is 1. The molecule has 5 aromatic rings. The van der Waals surface area contributed by atoms with E-state index in [2.05, 4.69) is 31.4 Å². The lowest BCUT2D eigenvalue weighted by Gasteiger charge is -2.33. The number of fused-ring (bicyclic) bond motifs is 2. The summed E-state index contributed by atoms with van der Waals surface area (Å²) in [6.07, 6.45) is 8.09. The number of rotatable bonds is 8. The summed E-state index contributed by atoms with van der Waals surface area (Å²) in [5, 5.41) is 7.49. The lowest BCUT2D eigenvalue weighted by atomic mass is 9.72. The standard InChI is InChI=1S/C35H35FN4O3S/c1-35(2,3)23-10-15-28-30(17-23)44-34(32(28)33(42)37-19-26-7-6-16-43-26)38-18-22-20-40(29-9-5-4-8-27(22)29)21-31(41)39-25-13-11-24(36)12-14-25/h4-9,11-14,16,18,20,23H,10,15,17,19,21H2,1-3H3,(H,37,42)(H,39,41)/t23-/m0/s1. The smallest absolute Gasteiger partial charge is 0.255 e. The number of amides is 2. The largest absolute Gasteiger partial charge is 0.467 e. The number of thiophene rings is 1. The Morgan fingerprint density at radius 1 is 1.11 bits per heavy atom. The fourth-order valence-electron chi connectivity index (χ4n) is 5.83. The van der Waals surface area contributed by atoms with Crippen LogP contribution in [0, 0.1) is 17.2 Å². The molecule has 0 aliphatic heterocycles. The van der Waals surface area contributed by atoms with Crippen molar-refractivity contribution >= 4 is 51.0 Å². The Labute approximate surface area is 259 Å². The second-order valence-corrected chi connectivity index (χ2v) is 13.4. The first-order valence-electron chi connectivity index (χ1n) is 14.8. The highest BCUT2D eigenvalue weighted by molar-refractivity contribution is 7.16. The molecule has 226 valence electrons. The number of furan rings is 1. The number of carbonyl (C=O) groups excluding carboxylic acids is 2. The molecule has 7 nitrogen and oxygen atoms in total. The molecule has 2 aromatic carbocycles. The van der Waals surface area contributed by atoms with Crippen molar-refractivity contribution in [1.82, 2.24) is 9.88 Å². The van der Waals surface area contributed by atoms with E-state index in [9.17, 15) is 14.0 Å². The van der Waals surface area contributed by atoms with Crippen LogP contribution in [0.4, 0.5) is 15.1 Å². The van der Waals surface area contributed by atoms with Gasteiger partial charge in [-0.25, -0.2) is 9.38 Å². The van der Waals surface area contributed by atoms with Crippen LogP contribution < -0.4 is 10.6 Å². The summed E-state index contributed by atoms with van der Waals surface area (Å²) in [5.74, 6) is 0.484. The lowest BCUT2D eigenvalue weighted by Crippen LogP contribution is -2.28. The molecule has 3 heterocycles. The van der Waals surface area contributed by atoms with Gasteiger partial charge in [0.15, 0.2) is 0 Å². The number of nitrogens with zero attached hydrogens (tertiary/aromatic N) is 2. The van der Waals surface area contributed by atoms with Crippen molar-refractivity contribution in [3.63, 3.8) is 0 Å². The average molecular weight is 611 g/mol. The van der Waals surface area contributed by atoms with E-state index >= 15 is 0 Å². The first-order valence-corrected chi connectivity index (χ1v) is 15.6. The molecule has 2 N–H and O–H groups in total. The molecule has 0 saturated heterocycles. The van der Waals surface area contributed by atoms with Gasteiger partial charge in [0.2, 0.25) is 5.91 Å². The van der Waals surface area contributed by atoms with Crippen molar-refractivity contribution < 1.29 is 18.4 Å². The molecular weight excluding hydrogens is 575 g/mol. The van der Waals surface area contributed by atoms with Crippen LogP contribution >= 0.6 is 11.3 Å². The Bertz CT molecular complexity index is 1830. The number of para-hydroxylation sites is 1. The molecule has 0 saturated carbocycles. The van der Waals surface area contributed by atoms with Crippen molar-refractivity contribution in [2.75, 3.05) is 5.32 Å². The zero-order valence-electron chi connectivity index (χ0n) is 25.0. The Kier molecular flexibility index (Phi) is 8.23. The summed E-state index contributed by atoms with van der Waals surface area (Å²) in [6, 6.07) is 17.2. The van der Waals surface area contributed by atoms with Crippen molar-refractivity contribution in [3.05, 3.63) is 106 Å². The topological polar surface area (TPSA) is 88.6 Å². The first-order chi connectivity index (χ1) is 21.2. The van der Waals surface area contributed by atoms with Crippen LogP contribution in [0.15, 0.2) is 82.5 Å². The number of carbonyl (C=O) groups is 2. The number of aromatic nitrogens is 1. The highest BCUT2D eigenvalue weighted by Crippen LogP contribution is 2.45. The van der Waals surface area contributed by atoms with Gasteiger partial charge in [-0.2, -0.15) is 0 Å². The van der Waals surface area contributed by atoms with Crippen LogP contribution in [0.1, 0.15) is 59.3 Å². The minimum Gasteiger partial charge on any atom is -0.467 e. The molecule has 0 bridgehead atoms. The maximum absolute atomic E-state index is 13.6. The summed E-state index contributed by atoms with van der Waals surface area (Å²) in [5.41, 5.74) is 4.18. The van der Waals surface area contributed by atoms with Crippen LogP contribution in [0.25, 0.3) is 10.9 Å². The third kappa shape index (κ3) is 6.38. The predicted octanol–water partition coefficient (Wildman–Crippen LogP) is 7.91. The zero-order valence-corrected chi connectivity index (χ0v) is 25.8. The SMILES string of the molecule is CC(C)(C)[C@H]1CCc2c(sc(N=Cc3cn(CC(=O)Nc4ccc(F)cc4)c4ccccc34)c2C(=O)NCc2ccco2)C1. The van der Waals surface area contributed by atoms with Crippen LogP contribution in [-0.2, 0) is 30.7 Å². The predicted molar refractivity (Wildman–Crippen MR) is 173 cm³/mol. The van der Waals surface area contributed by atoms with E-state index in [1.165, 1.54) is 29.1 Å². The third-order valence-corrected chi connectivity index (χ3v) is 9.45. The molecular formula is C35H35FN4O3S. The normalized spacial score (nSPS) is 15.0. The Hall–Kier alpha value is -4.50. The van der Waals surface area contributed by atoms with Crippen LogP contribution in [0.2, 0.25) is 0 Å². The molecule has 1 atom stereocenters. The maximum Gasteiger partial charge on any atom is 0.255 e. The fraction of sp³-hybridized carbons (Fsp3) is 0.286. The van der Waals surface area contributed by atoms with Crippen molar-refractivity contribution in [1.29, 1.82) is 0 Å². The van der Waals surface area contributed by atoms with Gasteiger partial charge in [0, 0.05) is 39.4 Å². The zero-order chi connectivity index (χ0) is 30.8. The van der Waals surface area contributed by atoms with E-state index < -0.39 is 0 Å². The van der Waals surface area contributed by atoms with Gasteiger partial charge >= 0.3 is 0 Å². The fourth-order valence-corrected chi connectivity index (χ4v) is 7.10. The third-order valence-electron chi connectivity index (χ3n) is 8.28. The van der Waals surface area contributed by atoms with Gasteiger partial charge < -0.3 is 19.6 Å². The number of hydrogen-bond acceptors (Lipinski definition) is 5. The Balaban J connectivity index is 1.29. The molecule has 0 fully saturated rings. The van der Waals surface area contributed by atoms with Gasteiger partial charge in [0.25, 0.3) is 5.91 Å². The Morgan fingerprint density at radius 2 is 1.91 bits per heavy atom. The van der Waals surface area contributed by atoms with Gasteiger partial charge in [-0.1, -0.05) is 39.0 Å². The second-order valence-electron chi connectivity index (χ2n) is 12.3. The number of nitrogens with one attached hydrogen (secondary N) is 2. The molecule has 0 radical (unpaired) electrons. The molecule has 44 heavy (non-hydrogen) atoms. The molecule has 1 aliphatic carbocycles. The second kappa shape index (κ2) is 12.2. The van der Waals surface area contributed by atoms with E-state index in [0.717, 1.165) is 41.3 Å². The van der Waals surface area contributed by atoms with Crippen LogP contribution in [-0.4, -0.2) is 22.6 Å². The summed E-state index contributed by atoms with van der Waals surface area (Å²) >= 11 is 1.60. The highest BCUT2D eigenvalue weighted by atomic mass is 32.1. The first kappa shape index (κ1) is 29.6. The van der Waals surface area contributed by atoms with Gasteiger partial charge in [-0.05, 0) is 78.6 Å². The molecule has 6 rings (SSSR count). The van der Waals surface area contributed by atoms with Crippen molar-refractivity contribution in [2.45, 2.75) is 53.1 Å². The van der Waals surface area contributed by atoms with Crippen LogP contribution in [0.5, 0.6) is 0 Å². The van der Waals surface area contributed by atoms with Gasteiger partial charge in [-0.15, -0.1) is 11.3 Å². The number of halogens is 1. The number of benzene rings is 2. The summed E-state index contributed by atoms with van der Waals surface area (Å²) in [6.45, 7) is 7.22. The minimum atomic E-state index is -0.359. The molecule has 0 unspecified atom stereocenters. The quantitative estimate of drug-likeness (QED) is 0.175. The van der Waals surface area contributed by atoms with Gasteiger partial charge in [0.05, 0.1) is 18.4 Å². The lowest BCUT2D eigenvalue weighted by molar-refractivity contribution is -0.116. The maximum atomic E-state index is 13.6. The summed E-state index contributed by atoms with van der Waals surface area (Å²) in [7, 11) is 0. The van der Waals surface area contributed by atoms with Crippen molar-refractivity contribution in [2.24, 2.45) is 16.3 Å². The Morgan fingerprint density at radius 3 is 2.66 bits per heavy atom. The van der Waals surface area contributed by atoms with E-state index in [1.54, 1.807) is 29.9 Å². The molecule has 0 spiro atoms. The van der Waals surface area contributed by atoms with Gasteiger partial charge in [0.1, 0.15) is 23.1 Å². The average Bonchev–Trinajstić information content (AvgIpc) is 3.73. The molecule has 3 aromatic heterocycles. The molecule has 2 amide bonds. The molecule has 1 aliphatic rings.